The number of amides is 1. The molecule has 0 aliphatic carbocycles. The fraction of sp³-hybridized carbons (Fsp3) is 0.133. The zero-order valence-electron chi connectivity index (χ0n) is 10.6. The van der Waals surface area contributed by atoms with Crippen molar-refractivity contribution in [1.82, 2.24) is 5.32 Å². The Labute approximate surface area is 115 Å². The molecule has 104 valence electrons. The van der Waals surface area contributed by atoms with E-state index in [1.165, 1.54) is 24.3 Å². The number of para-hydroxylation sites is 1. The normalized spacial score (nSPS) is 11.7. The second-order valence-corrected chi connectivity index (χ2v) is 4.13. The van der Waals surface area contributed by atoms with Crippen molar-refractivity contribution in [3.8, 4) is 5.75 Å². The summed E-state index contributed by atoms with van der Waals surface area (Å²) < 4.78 is 17.9. The van der Waals surface area contributed by atoms with E-state index in [0.717, 1.165) is 0 Å². The fourth-order valence-electron chi connectivity index (χ4n) is 1.70. The highest BCUT2D eigenvalue weighted by Crippen LogP contribution is 2.14. The molecule has 0 aliphatic heterocycles. The first-order valence-electron chi connectivity index (χ1n) is 6.09. The van der Waals surface area contributed by atoms with Gasteiger partial charge in [0.2, 0.25) is 0 Å². The maximum Gasteiger partial charge on any atom is 0.413 e. The summed E-state index contributed by atoms with van der Waals surface area (Å²) in [5, 5.41) is 11.8. The Hall–Kier alpha value is -2.40. The average molecular weight is 275 g/mol. The number of rotatable bonds is 4. The van der Waals surface area contributed by atoms with Crippen LogP contribution in [0.15, 0.2) is 54.6 Å². The lowest BCUT2D eigenvalue weighted by molar-refractivity contribution is 0.183. The van der Waals surface area contributed by atoms with Crippen LogP contribution >= 0.6 is 0 Å². The Bertz CT molecular complexity index is 557. The molecule has 0 bridgehead atoms. The van der Waals surface area contributed by atoms with Gasteiger partial charge in [-0.1, -0.05) is 30.3 Å². The van der Waals surface area contributed by atoms with Gasteiger partial charge in [0.05, 0.1) is 12.6 Å². The lowest BCUT2D eigenvalue weighted by Crippen LogP contribution is -2.33. The first kappa shape index (κ1) is 14.0. The van der Waals surface area contributed by atoms with E-state index >= 15 is 0 Å². The van der Waals surface area contributed by atoms with E-state index in [1.807, 2.05) is 0 Å². The third-order valence-electron chi connectivity index (χ3n) is 2.70. The summed E-state index contributed by atoms with van der Waals surface area (Å²) in [6.07, 6.45) is -0.681. The molecule has 20 heavy (non-hydrogen) atoms. The van der Waals surface area contributed by atoms with E-state index in [1.54, 1.807) is 30.3 Å². The molecule has 0 fully saturated rings. The predicted molar refractivity (Wildman–Crippen MR) is 71.8 cm³/mol. The lowest BCUT2D eigenvalue weighted by Gasteiger charge is -2.16. The van der Waals surface area contributed by atoms with Gasteiger partial charge in [0, 0.05) is 0 Å². The molecule has 0 saturated heterocycles. The molecule has 4 nitrogen and oxygen atoms in total. The summed E-state index contributed by atoms with van der Waals surface area (Å²) in [5.41, 5.74) is 0.596. The van der Waals surface area contributed by atoms with Crippen LogP contribution in [0.5, 0.6) is 5.75 Å². The van der Waals surface area contributed by atoms with Gasteiger partial charge in [0.25, 0.3) is 0 Å². The van der Waals surface area contributed by atoms with Crippen molar-refractivity contribution in [1.29, 1.82) is 0 Å². The van der Waals surface area contributed by atoms with Gasteiger partial charge in [-0.2, -0.15) is 0 Å². The molecule has 2 aromatic rings. The smallest absolute Gasteiger partial charge is 0.410 e. The van der Waals surface area contributed by atoms with E-state index in [4.69, 9.17) is 4.74 Å². The molecule has 5 heteroatoms. The molecule has 2 aromatic carbocycles. The molecule has 1 unspecified atom stereocenters. The Kier molecular flexibility index (Phi) is 4.68. The molecule has 0 aromatic heterocycles. The van der Waals surface area contributed by atoms with Crippen molar-refractivity contribution in [3.05, 3.63) is 66.0 Å². The number of carbonyl (C=O) groups is 1. The van der Waals surface area contributed by atoms with Crippen molar-refractivity contribution < 1.29 is 19.0 Å². The molecule has 0 heterocycles. The molecule has 0 spiro atoms. The van der Waals surface area contributed by atoms with Crippen LogP contribution in [-0.2, 0) is 0 Å². The predicted octanol–water partition coefficient (Wildman–Crippen LogP) is 2.65. The molecule has 0 saturated carbocycles. The second-order valence-electron chi connectivity index (χ2n) is 4.13. The second kappa shape index (κ2) is 6.68. The Morgan fingerprint density at radius 2 is 1.80 bits per heavy atom. The van der Waals surface area contributed by atoms with Crippen molar-refractivity contribution in [3.63, 3.8) is 0 Å². The quantitative estimate of drug-likeness (QED) is 0.901. The Balaban J connectivity index is 1.99. The van der Waals surface area contributed by atoms with E-state index < -0.39 is 12.1 Å². The summed E-state index contributed by atoms with van der Waals surface area (Å²) in [7, 11) is 0. The highest BCUT2D eigenvalue weighted by molar-refractivity contribution is 5.70. The summed E-state index contributed by atoms with van der Waals surface area (Å²) in [5.74, 6) is 0.0260. The van der Waals surface area contributed by atoms with E-state index in [-0.39, 0.29) is 12.4 Å². The van der Waals surface area contributed by atoms with E-state index in [9.17, 15) is 14.3 Å². The van der Waals surface area contributed by atoms with Crippen molar-refractivity contribution in [2.45, 2.75) is 6.04 Å². The standard InChI is InChI=1S/C15H14FNO3/c16-12-8-6-11(7-9-12)14(10-18)17-15(19)20-13-4-2-1-3-5-13/h1-9,14,18H,10H2,(H,17,19). The summed E-state index contributed by atoms with van der Waals surface area (Å²) in [6.45, 7) is -0.310. The number of hydrogen-bond acceptors (Lipinski definition) is 3. The van der Waals surface area contributed by atoms with Gasteiger partial charge in [-0.3, -0.25) is 0 Å². The van der Waals surface area contributed by atoms with Crippen LogP contribution in [-0.4, -0.2) is 17.8 Å². The highest BCUT2D eigenvalue weighted by Gasteiger charge is 2.15. The molecule has 0 radical (unpaired) electrons. The lowest BCUT2D eigenvalue weighted by atomic mass is 10.1. The summed E-state index contributed by atoms with van der Waals surface area (Å²) in [4.78, 5) is 11.7. The van der Waals surface area contributed by atoms with Gasteiger partial charge in [-0.15, -0.1) is 0 Å². The number of nitrogens with one attached hydrogen (secondary N) is 1. The molecule has 1 atom stereocenters. The van der Waals surface area contributed by atoms with Crippen molar-refractivity contribution >= 4 is 6.09 Å². The first-order chi connectivity index (χ1) is 9.69. The van der Waals surface area contributed by atoms with Crippen LogP contribution in [0.3, 0.4) is 0 Å². The highest BCUT2D eigenvalue weighted by atomic mass is 19.1. The number of hydrogen-bond donors (Lipinski definition) is 2. The molecular weight excluding hydrogens is 261 g/mol. The van der Waals surface area contributed by atoms with Gasteiger partial charge in [0.15, 0.2) is 0 Å². The molecule has 2 N–H and O–H groups in total. The Morgan fingerprint density at radius 3 is 2.40 bits per heavy atom. The topological polar surface area (TPSA) is 58.6 Å². The van der Waals surface area contributed by atoms with E-state index in [2.05, 4.69) is 5.32 Å². The first-order valence-corrected chi connectivity index (χ1v) is 6.09. The van der Waals surface area contributed by atoms with Gasteiger partial charge in [0.1, 0.15) is 11.6 Å². The number of ether oxygens (including phenoxy) is 1. The summed E-state index contributed by atoms with van der Waals surface area (Å²) >= 11 is 0. The molecule has 2 rings (SSSR count). The van der Waals surface area contributed by atoms with Gasteiger partial charge >= 0.3 is 6.09 Å². The summed E-state index contributed by atoms with van der Waals surface area (Å²) in [6, 6.07) is 13.5. The third kappa shape index (κ3) is 3.80. The Morgan fingerprint density at radius 1 is 1.15 bits per heavy atom. The van der Waals surface area contributed by atoms with Crippen LogP contribution in [0.1, 0.15) is 11.6 Å². The zero-order chi connectivity index (χ0) is 14.4. The number of carbonyl (C=O) groups excluding carboxylic acids is 1. The number of aliphatic hydroxyl groups is 1. The zero-order valence-corrected chi connectivity index (χ0v) is 10.6. The third-order valence-corrected chi connectivity index (χ3v) is 2.70. The van der Waals surface area contributed by atoms with E-state index in [0.29, 0.717) is 11.3 Å². The van der Waals surface area contributed by atoms with Crippen molar-refractivity contribution in [2.24, 2.45) is 0 Å². The monoisotopic (exact) mass is 275 g/mol. The number of halogens is 1. The van der Waals surface area contributed by atoms with Crippen LogP contribution in [0, 0.1) is 5.82 Å². The van der Waals surface area contributed by atoms with Crippen LogP contribution in [0.25, 0.3) is 0 Å². The minimum atomic E-state index is -0.681. The number of benzene rings is 2. The molecule has 0 aliphatic rings. The average Bonchev–Trinajstić information content (AvgIpc) is 2.47. The maximum atomic E-state index is 12.8. The number of aliphatic hydroxyl groups excluding tert-OH is 1. The van der Waals surface area contributed by atoms with Gasteiger partial charge in [-0.25, -0.2) is 9.18 Å². The molecule has 1 amide bonds. The van der Waals surface area contributed by atoms with Gasteiger partial charge in [-0.05, 0) is 29.8 Å². The maximum absolute atomic E-state index is 12.8. The van der Waals surface area contributed by atoms with Crippen LogP contribution < -0.4 is 10.1 Å². The largest absolute Gasteiger partial charge is 0.413 e. The fourth-order valence-corrected chi connectivity index (χ4v) is 1.70. The molecular formula is C15H14FNO3. The minimum absolute atomic E-state index is 0.310. The minimum Gasteiger partial charge on any atom is -0.410 e. The SMILES string of the molecule is O=C(NC(CO)c1ccc(F)cc1)Oc1ccccc1. The van der Waals surface area contributed by atoms with Crippen molar-refractivity contribution in [2.75, 3.05) is 6.61 Å². The van der Waals surface area contributed by atoms with Gasteiger partial charge < -0.3 is 15.2 Å². The van der Waals surface area contributed by atoms with Crippen LogP contribution in [0.2, 0.25) is 0 Å². The van der Waals surface area contributed by atoms with Crippen LogP contribution in [0.4, 0.5) is 9.18 Å².